The summed E-state index contributed by atoms with van der Waals surface area (Å²) < 4.78 is 0. The minimum Gasteiger partial charge on any atom is -0.299 e. The highest BCUT2D eigenvalue weighted by atomic mass is 16.1. The Labute approximate surface area is 151 Å². The summed E-state index contributed by atoms with van der Waals surface area (Å²) in [6, 6.07) is 4.20. The van der Waals surface area contributed by atoms with Crippen molar-refractivity contribution in [3.05, 3.63) is 47.8 Å². The van der Waals surface area contributed by atoms with Crippen molar-refractivity contribution in [2.45, 2.75) is 64.2 Å². The highest BCUT2D eigenvalue weighted by Gasteiger charge is 2.33. The van der Waals surface area contributed by atoms with Crippen LogP contribution in [0.15, 0.2) is 42.3 Å². The number of hydrogen-bond donors (Lipinski definition) is 0. The molecule has 25 heavy (non-hydrogen) atoms. The molecule has 2 fully saturated rings. The van der Waals surface area contributed by atoms with Gasteiger partial charge in [0.15, 0.2) is 0 Å². The first-order chi connectivity index (χ1) is 12.3. The van der Waals surface area contributed by atoms with E-state index in [1.54, 1.807) is 0 Å². The number of aromatic nitrogens is 1. The van der Waals surface area contributed by atoms with E-state index >= 15 is 0 Å². The van der Waals surface area contributed by atoms with E-state index in [-0.39, 0.29) is 5.92 Å². The summed E-state index contributed by atoms with van der Waals surface area (Å²) in [5.41, 5.74) is 4.19. The number of rotatable bonds is 5. The molecule has 0 bridgehead atoms. The monoisotopic (exact) mass is 335 g/mol. The molecule has 4 rings (SSSR count). The molecule has 2 unspecified atom stereocenters. The summed E-state index contributed by atoms with van der Waals surface area (Å²) in [5.74, 6) is 2.16. The normalized spacial score (nSPS) is 26.7. The summed E-state index contributed by atoms with van der Waals surface area (Å²) in [4.78, 5) is 16.9. The minimum atomic E-state index is 0.274. The lowest BCUT2D eigenvalue weighted by Gasteiger charge is -2.30. The first-order valence-electron chi connectivity index (χ1n) is 10.1. The third kappa shape index (κ3) is 3.78. The Morgan fingerprint density at radius 2 is 1.80 bits per heavy atom. The topological polar surface area (TPSA) is 30.0 Å². The van der Waals surface area contributed by atoms with Gasteiger partial charge in [0.2, 0.25) is 0 Å². The second kappa shape index (κ2) is 7.68. The maximum absolute atomic E-state index is 12.7. The van der Waals surface area contributed by atoms with E-state index in [2.05, 4.69) is 29.3 Å². The summed E-state index contributed by atoms with van der Waals surface area (Å²) >= 11 is 0. The number of carbonyl (C=O) groups excluding carboxylic acids is 1. The lowest BCUT2D eigenvalue weighted by molar-refractivity contribution is -0.123. The zero-order valence-corrected chi connectivity index (χ0v) is 15.1. The molecule has 2 nitrogen and oxygen atoms in total. The number of carbonyl (C=O) groups is 1. The Bertz CT molecular complexity index is 667. The fourth-order valence-electron chi connectivity index (χ4n) is 5.08. The van der Waals surface area contributed by atoms with Gasteiger partial charge < -0.3 is 0 Å². The lowest BCUT2D eigenvalue weighted by atomic mass is 9.73. The van der Waals surface area contributed by atoms with E-state index in [0.717, 1.165) is 38.0 Å². The van der Waals surface area contributed by atoms with Crippen molar-refractivity contribution in [1.82, 2.24) is 4.98 Å². The maximum Gasteiger partial charge on any atom is 0.136 e. The van der Waals surface area contributed by atoms with Crippen molar-refractivity contribution in [3.63, 3.8) is 0 Å². The molecule has 2 heteroatoms. The van der Waals surface area contributed by atoms with Gasteiger partial charge in [-0.2, -0.15) is 0 Å². The highest BCUT2D eigenvalue weighted by Crippen LogP contribution is 2.45. The second-order valence-corrected chi connectivity index (χ2v) is 8.14. The molecule has 2 atom stereocenters. The summed E-state index contributed by atoms with van der Waals surface area (Å²) in [7, 11) is 0. The zero-order valence-electron chi connectivity index (χ0n) is 15.1. The van der Waals surface area contributed by atoms with Gasteiger partial charge in [0.1, 0.15) is 5.78 Å². The molecule has 0 aliphatic heterocycles. The van der Waals surface area contributed by atoms with Gasteiger partial charge >= 0.3 is 0 Å². The number of hydrogen-bond acceptors (Lipinski definition) is 2. The Hall–Kier alpha value is -1.70. The molecule has 132 valence electrons. The van der Waals surface area contributed by atoms with Gasteiger partial charge in [-0.3, -0.25) is 9.78 Å². The van der Waals surface area contributed by atoms with Crippen molar-refractivity contribution < 1.29 is 4.79 Å². The van der Waals surface area contributed by atoms with Crippen molar-refractivity contribution in [2.24, 2.45) is 17.8 Å². The summed E-state index contributed by atoms with van der Waals surface area (Å²) in [6.45, 7) is 0. The quantitative estimate of drug-likeness (QED) is 0.685. The van der Waals surface area contributed by atoms with Crippen molar-refractivity contribution in [2.75, 3.05) is 0 Å². The SMILES string of the molecule is O=C(CCC1CCCCC1)C1CCC2C(=CC=C2c2ccncc2)C1. The van der Waals surface area contributed by atoms with Gasteiger partial charge in [-0.25, -0.2) is 0 Å². The van der Waals surface area contributed by atoms with Crippen LogP contribution in [0.2, 0.25) is 0 Å². The summed E-state index contributed by atoms with van der Waals surface area (Å²) in [5, 5.41) is 0. The van der Waals surface area contributed by atoms with Crippen LogP contribution >= 0.6 is 0 Å². The fourth-order valence-corrected chi connectivity index (χ4v) is 5.08. The van der Waals surface area contributed by atoms with E-state index < -0.39 is 0 Å². The van der Waals surface area contributed by atoms with Gasteiger partial charge in [-0.1, -0.05) is 49.8 Å². The van der Waals surface area contributed by atoms with Crippen LogP contribution in [-0.4, -0.2) is 10.8 Å². The number of ketones is 1. The molecule has 0 amide bonds. The number of pyridine rings is 1. The molecule has 3 aliphatic carbocycles. The van der Waals surface area contributed by atoms with Crippen LogP contribution in [0.3, 0.4) is 0 Å². The van der Waals surface area contributed by atoms with E-state index in [1.807, 2.05) is 12.4 Å². The Balaban J connectivity index is 1.31. The van der Waals surface area contributed by atoms with E-state index in [9.17, 15) is 4.79 Å². The third-order valence-electron chi connectivity index (χ3n) is 6.58. The Kier molecular flexibility index (Phi) is 5.14. The average Bonchev–Trinajstić information content (AvgIpc) is 3.11. The van der Waals surface area contributed by atoms with Crippen LogP contribution < -0.4 is 0 Å². The third-order valence-corrected chi connectivity index (χ3v) is 6.58. The predicted molar refractivity (Wildman–Crippen MR) is 102 cm³/mol. The molecule has 1 heterocycles. The van der Waals surface area contributed by atoms with Gasteiger partial charge in [0, 0.05) is 30.7 Å². The second-order valence-electron chi connectivity index (χ2n) is 8.14. The van der Waals surface area contributed by atoms with Gasteiger partial charge in [0.25, 0.3) is 0 Å². The van der Waals surface area contributed by atoms with E-state index in [0.29, 0.717) is 11.7 Å². The molecule has 0 saturated heterocycles. The molecule has 2 saturated carbocycles. The summed E-state index contributed by atoms with van der Waals surface area (Å²) in [6.07, 6.45) is 20.3. The average molecular weight is 335 g/mol. The number of allylic oxidation sites excluding steroid dienone is 4. The number of fused-ring (bicyclic) bond motifs is 1. The molecular weight excluding hydrogens is 306 g/mol. The van der Waals surface area contributed by atoms with E-state index in [4.69, 9.17) is 0 Å². The molecule has 1 aromatic heterocycles. The highest BCUT2D eigenvalue weighted by molar-refractivity contribution is 5.82. The first kappa shape index (κ1) is 16.8. The standard InChI is InChI=1S/C23H29NO/c25-23(11-6-17-4-2-1-3-5-17)20-8-10-22-19(16-20)7-9-21(22)18-12-14-24-15-13-18/h7,9,12-15,17,20,22H,1-6,8,10-11,16H2. The molecule has 0 N–H and O–H groups in total. The van der Waals surface area contributed by atoms with Gasteiger partial charge in [-0.05, 0) is 54.9 Å². The number of nitrogens with zero attached hydrogens (tertiary/aromatic N) is 1. The Morgan fingerprint density at radius 3 is 2.60 bits per heavy atom. The molecule has 3 aliphatic rings. The molecular formula is C23H29NO. The van der Waals surface area contributed by atoms with Crippen LogP contribution in [-0.2, 0) is 4.79 Å². The smallest absolute Gasteiger partial charge is 0.136 e. The number of Topliss-reactive ketones (excluding diaryl/α,β-unsaturated/α-hetero) is 1. The zero-order chi connectivity index (χ0) is 17.1. The molecule has 1 aromatic rings. The van der Waals surface area contributed by atoms with E-state index in [1.165, 1.54) is 48.8 Å². The van der Waals surface area contributed by atoms with Crippen molar-refractivity contribution in [1.29, 1.82) is 0 Å². The van der Waals surface area contributed by atoms with Crippen LogP contribution in [0.5, 0.6) is 0 Å². The fraction of sp³-hybridized carbons (Fsp3) is 0.565. The van der Waals surface area contributed by atoms with Crippen molar-refractivity contribution in [3.8, 4) is 0 Å². The lowest BCUT2D eigenvalue weighted by Crippen LogP contribution is -2.24. The van der Waals surface area contributed by atoms with Crippen LogP contribution in [0.1, 0.15) is 69.8 Å². The van der Waals surface area contributed by atoms with Gasteiger partial charge in [-0.15, -0.1) is 0 Å². The minimum absolute atomic E-state index is 0.274. The van der Waals surface area contributed by atoms with Crippen LogP contribution in [0.25, 0.3) is 5.57 Å². The predicted octanol–water partition coefficient (Wildman–Crippen LogP) is 5.75. The van der Waals surface area contributed by atoms with Crippen LogP contribution in [0, 0.1) is 17.8 Å². The largest absolute Gasteiger partial charge is 0.299 e. The molecule has 0 aromatic carbocycles. The molecule has 0 radical (unpaired) electrons. The first-order valence-corrected chi connectivity index (χ1v) is 10.1. The van der Waals surface area contributed by atoms with Crippen molar-refractivity contribution >= 4 is 11.4 Å². The maximum atomic E-state index is 12.7. The Morgan fingerprint density at radius 1 is 1.00 bits per heavy atom. The molecule has 0 spiro atoms. The van der Waals surface area contributed by atoms with Gasteiger partial charge in [0.05, 0.1) is 0 Å². The van der Waals surface area contributed by atoms with Crippen LogP contribution in [0.4, 0.5) is 0 Å².